The molecule has 2 aromatic heterocycles. The van der Waals surface area contributed by atoms with Crippen molar-refractivity contribution in [2.75, 3.05) is 0 Å². The topological polar surface area (TPSA) is 99.8 Å². The van der Waals surface area contributed by atoms with Crippen molar-refractivity contribution in [3.8, 4) is 6.07 Å². The summed E-state index contributed by atoms with van der Waals surface area (Å²) in [6.45, 7) is 0. The molecule has 0 saturated heterocycles. The number of nitrogens with zero attached hydrogens (tertiary/aromatic N) is 2. The molecule has 1 N–H and O–H groups in total. The number of hydrogen-bond donors (Lipinski definition) is 1. The summed E-state index contributed by atoms with van der Waals surface area (Å²) in [7, 11) is 0. The second-order valence-electron chi connectivity index (χ2n) is 4.52. The Balaban J connectivity index is 2.14. The fourth-order valence-corrected chi connectivity index (χ4v) is 2.24. The zero-order chi connectivity index (χ0) is 15.7. The molecule has 0 saturated carbocycles. The van der Waals surface area contributed by atoms with Crippen molar-refractivity contribution >= 4 is 28.3 Å². The van der Waals surface area contributed by atoms with Gasteiger partial charge in [-0.25, -0.2) is 4.98 Å². The number of aromatic amines is 1. The van der Waals surface area contributed by atoms with E-state index in [2.05, 4.69) is 9.97 Å². The van der Waals surface area contributed by atoms with E-state index in [0.717, 1.165) is 0 Å². The standard InChI is InChI=1S/C15H8ClN3O3/c16-8-3-4-9-11(6-8)18-14(19-15(9)21)10(7-17)13(20)12-2-1-5-22-12/h1-6,10H,(H,18,19,21)/t10-/m0/s1. The second-order valence-corrected chi connectivity index (χ2v) is 4.95. The number of rotatable bonds is 3. The maximum atomic E-state index is 12.2. The number of nitrogens with one attached hydrogen (secondary N) is 1. The highest BCUT2D eigenvalue weighted by molar-refractivity contribution is 6.31. The first-order chi connectivity index (χ1) is 10.6. The van der Waals surface area contributed by atoms with Gasteiger partial charge in [-0.1, -0.05) is 11.6 Å². The first-order valence-electron chi connectivity index (χ1n) is 6.27. The molecule has 1 aromatic carbocycles. The van der Waals surface area contributed by atoms with Gasteiger partial charge in [0.1, 0.15) is 5.82 Å². The average Bonchev–Trinajstić information content (AvgIpc) is 3.01. The average molecular weight is 314 g/mol. The fraction of sp³-hybridized carbons (Fsp3) is 0.0667. The molecule has 0 amide bonds. The number of Topliss-reactive ketones (excluding diaryl/α,β-unsaturated/α-hetero) is 1. The van der Waals surface area contributed by atoms with Crippen LogP contribution in [0.3, 0.4) is 0 Å². The van der Waals surface area contributed by atoms with Gasteiger partial charge in [0, 0.05) is 5.02 Å². The van der Waals surface area contributed by atoms with Crippen molar-refractivity contribution in [3.63, 3.8) is 0 Å². The number of benzene rings is 1. The van der Waals surface area contributed by atoms with E-state index in [1.165, 1.54) is 30.5 Å². The Kier molecular flexibility index (Phi) is 3.49. The zero-order valence-corrected chi connectivity index (χ0v) is 11.8. The molecule has 0 radical (unpaired) electrons. The van der Waals surface area contributed by atoms with E-state index >= 15 is 0 Å². The van der Waals surface area contributed by atoms with Crippen molar-refractivity contribution in [1.29, 1.82) is 5.26 Å². The maximum Gasteiger partial charge on any atom is 0.258 e. The molecule has 3 rings (SSSR count). The molecule has 6 nitrogen and oxygen atoms in total. The minimum absolute atomic E-state index is 0.0281. The molecule has 3 aromatic rings. The Labute approximate surface area is 129 Å². The van der Waals surface area contributed by atoms with Gasteiger partial charge >= 0.3 is 0 Å². The van der Waals surface area contributed by atoms with Crippen molar-refractivity contribution in [1.82, 2.24) is 9.97 Å². The molecule has 0 bridgehead atoms. The summed E-state index contributed by atoms with van der Waals surface area (Å²) in [6, 6.07) is 9.42. The number of fused-ring (bicyclic) bond motifs is 1. The van der Waals surface area contributed by atoms with Crippen molar-refractivity contribution in [3.05, 3.63) is 63.6 Å². The van der Waals surface area contributed by atoms with Gasteiger partial charge < -0.3 is 9.40 Å². The number of furan rings is 1. The highest BCUT2D eigenvalue weighted by Gasteiger charge is 2.26. The molecule has 0 spiro atoms. The predicted molar refractivity (Wildman–Crippen MR) is 78.8 cm³/mol. The van der Waals surface area contributed by atoms with Gasteiger partial charge in [0.2, 0.25) is 5.78 Å². The monoisotopic (exact) mass is 313 g/mol. The molecular weight excluding hydrogens is 306 g/mol. The number of carbonyl (C=O) groups is 1. The van der Waals surface area contributed by atoms with Crippen LogP contribution in [0.15, 0.2) is 45.8 Å². The lowest BCUT2D eigenvalue weighted by Crippen LogP contribution is -2.19. The number of halogens is 1. The summed E-state index contributed by atoms with van der Waals surface area (Å²) >= 11 is 5.88. The molecule has 0 aliphatic rings. The smallest absolute Gasteiger partial charge is 0.258 e. The third kappa shape index (κ3) is 2.38. The Morgan fingerprint density at radius 1 is 1.41 bits per heavy atom. The number of H-pyrrole nitrogens is 1. The molecular formula is C15H8ClN3O3. The van der Waals surface area contributed by atoms with Crippen LogP contribution in [0.4, 0.5) is 0 Å². The van der Waals surface area contributed by atoms with Crippen LogP contribution in [0, 0.1) is 11.3 Å². The Bertz CT molecular complexity index is 954. The SMILES string of the molecule is N#C[C@@H](C(=O)c1ccco1)c1nc2cc(Cl)ccc2c(=O)[nH]1. The molecule has 1 atom stereocenters. The number of hydrogen-bond acceptors (Lipinski definition) is 5. The van der Waals surface area contributed by atoms with Gasteiger partial charge in [0.05, 0.1) is 23.2 Å². The van der Waals surface area contributed by atoms with Gasteiger partial charge in [-0.15, -0.1) is 0 Å². The molecule has 0 fully saturated rings. The molecule has 0 unspecified atom stereocenters. The maximum absolute atomic E-state index is 12.2. The third-order valence-electron chi connectivity index (χ3n) is 3.12. The molecule has 108 valence electrons. The van der Waals surface area contributed by atoms with Gasteiger partial charge in [0.25, 0.3) is 5.56 Å². The van der Waals surface area contributed by atoms with E-state index in [9.17, 15) is 14.9 Å². The van der Waals surface area contributed by atoms with Gasteiger partial charge in [0.15, 0.2) is 11.7 Å². The van der Waals surface area contributed by atoms with Crippen LogP contribution in [0.25, 0.3) is 10.9 Å². The molecule has 0 aliphatic carbocycles. The van der Waals surface area contributed by atoms with Gasteiger partial charge in [-0.3, -0.25) is 9.59 Å². The minimum atomic E-state index is -1.26. The van der Waals surface area contributed by atoms with E-state index in [1.807, 2.05) is 6.07 Å². The lowest BCUT2D eigenvalue weighted by atomic mass is 10.0. The van der Waals surface area contributed by atoms with Gasteiger partial charge in [-0.05, 0) is 30.3 Å². The van der Waals surface area contributed by atoms with E-state index in [4.69, 9.17) is 16.0 Å². The first-order valence-corrected chi connectivity index (χ1v) is 6.65. The summed E-state index contributed by atoms with van der Waals surface area (Å²) < 4.78 is 4.99. The summed E-state index contributed by atoms with van der Waals surface area (Å²) in [5, 5.41) is 10.00. The summed E-state index contributed by atoms with van der Waals surface area (Å²) in [6.07, 6.45) is 1.33. The quantitative estimate of drug-likeness (QED) is 0.749. The van der Waals surface area contributed by atoms with Crippen LogP contribution in [0.5, 0.6) is 0 Å². The predicted octanol–water partition coefficient (Wildman–Crippen LogP) is 2.66. The second kappa shape index (κ2) is 5.47. The highest BCUT2D eigenvalue weighted by Crippen LogP contribution is 2.20. The van der Waals surface area contributed by atoms with Crippen molar-refractivity contribution in [2.45, 2.75) is 5.92 Å². The lowest BCUT2D eigenvalue weighted by Gasteiger charge is -2.07. The lowest BCUT2D eigenvalue weighted by molar-refractivity contribution is 0.0949. The fourth-order valence-electron chi connectivity index (χ4n) is 2.07. The first kappa shape index (κ1) is 14.0. The van der Waals surface area contributed by atoms with Crippen molar-refractivity contribution < 1.29 is 9.21 Å². The highest BCUT2D eigenvalue weighted by atomic mass is 35.5. The molecule has 22 heavy (non-hydrogen) atoms. The largest absolute Gasteiger partial charge is 0.461 e. The van der Waals surface area contributed by atoms with Crippen LogP contribution < -0.4 is 5.56 Å². The Hall–Kier alpha value is -2.91. The van der Waals surface area contributed by atoms with E-state index < -0.39 is 17.3 Å². The van der Waals surface area contributed by atoms with E-state index in [-0.39, 0.29) is 11.6 Å². The van der Waals surface area contributed by atoms with Crippen LogP contribution >= 0.6 is 11.6 Å². The zero-order valence-electron chi connectivity index (χ0n) is 11.0. The summed E-state index contributed by atoms with van der Waals surface area (Å²) in [4.78, 5) is 30.9. The van der Waals surface area contributed by atoms with Crippen molar-refractivity contribution in [2.24, 2.45) is 0 Å². The molecule has 7 heteroatoms. The normalized spacial score (nSPS) is 12.0. The summed E-state index contributed by atoms with van der Waals surface area (Å²) in [5.41, 5.74) is -0.122. The Morgan fingerprint density at radius 2 is 2.23 bits per heavy atom. The number of carbonyl (C=O) groups excluding carboxylic acids is 1. The van der Waals surface area contributed by atoms with Gasteiger partial charge in [-0.2, -0.15) is 5.26 Å². The van der Waals surface area contributed by atoms with E-state index in [0.29, 0.717) is 15.9 Å². The minimum Gasteiger partial charge on any atom is -0.461 e. The number of aromatic nitrogens is 2. The molecule has 2 heterocycles. The molecule has 0 aliphatic heterocycles. The van der Waals surface area contributed by atoms with Crippen LogP contribution in [-0.4, -0.2) is 15.8 Å². The summed E-state index contributed by atoms with van der Waals surface area (Å²) in [5.74, 6) is -1.84. The third-order valence-corrected chi connectivity index (χ3v) is 3.35. The number of ketones is 1. The number of nitriles is 1. The van der Waals surface area contributed by atoms with E-state index in [1.54, 1.807) is 6.07 Å². The van der Waals surface area contributed by atoms with Crippen LogP contribution in [0.1, 0.15) is 22.3 Å². The van der Waals surface area contributed by atoms with Crippen LogP contribution in [-0.2, 0) is 0 Å². The van der Waals surface area contributed by atoms with Crippen LogP contribution in [0.2, 0.25) is 5.02 Å². The Morgan fingerprint density at radius 3 is 2.91 bits per heavy atom.